The van der Waals surface area contributed by atoms with Gasteiger partial charge in [-0.25, -0.2) is 0 Å². The highest BCUT2D eigenvalue weighted by molar-refractivity contribution is 5.28. The summed E-state index contributed by atoms with van der Waals surface area (Å²) in [5.41, 5.74) is 0.642. The molecule has 0 aliphatic carbocycles. The van der Waals surface area contributed by atoms with E-state index in [4.69, 9.17) is 14.2 Å². The normalized spacial score (nSPS) is 13.2. The maximum absolute atomic E-state index is 10.0. The van der Waals surface area contributed by atoms with Crippen LogP contribution in [0.5, 0.6) is 5.75 Å². The topological polar surface area (TPSA) is 47.9 Å². The number of methoxy groups -OCH3 is 1. The van der Waals surface area contributed by atoms with E-state index in [9.17, 15) is 5.11 Å². The molecule has 0 spiro atoms. The number of ether oxygens (including phenoxy) is 3. The largest absolute Gasteiger partial charge is 0.494 e. The predicted octanol–water partition coefficient (Wildman–Crippen LogP) is 2.95. The first-order chi connectivity index (χ1) is 9.48. The third-order valence-electron chi connectivity index (χ3n) is 3.25. The monoisotopic (exact) mass is 282 g/mol. The van der Waals surface area contributed by atoms with Crippen molar-refractivity contribution in [2.45, 2.75) is 38.9 Å². The van der Waals surface area contributed by atoms with Gasteiger partial charge in [0.25, 0.3) is 0 Å². The minimum Gasteiger partial charge on any atom is -0.494 e. The van der Waals surface area contributed by atoms with E-state index in [2.05, 4.69) is 0 Å². The fraction of sp³-hybridized carbons (Fsp3) is 0.625. The molecule has 0 radical (unpaired) electrons. The molecule has 1 aromatic rings. The number of hydrogen-bond donors (Lipinski definition) is 1. The molecule has 0 fully saturated rings. The van der Waals surface area contributed by atoms with Gasteiger partial charge in [-0.05, 0) is 44.9 Å². The van der Waals surface area contributed by atoms with Crippen molar-refractivity contribution < 1.29 is 19.3 Å². The Labute approximate surface area is 121 Å². The molecule has 0 heterocycles. The lowest BCUT2D eigenvalue weighted by molar-refractivity contribution is -0.0249. The van der Waals surface area contributed by atoms with Gasteiger partial charge in [0.2, 0.25) is 0 Å². The highest BCUT2D eigenvalue weighted by Gasteiger charge is 2.16. The van der Waals surface area contributed by atoms with Gasteiger partial charge >= 0.3 is 0 Å². The van der Waals surface area contributed by atoms with E-state index >= 15 is 0 Å². The van der Waals surface area contributed by atoms with Gasteiger partial charge in [-0.2, -0.15) is 0 Å². The molecule has 114 valence electrons. The Balaban J connectivity index is 2.33. The van der Waals surface area contributed by atoms with Gasteiger partial charge in [0.15, 0.2) is 0 Å². The van der Waals surface area contributed by atoms with Crippen molar-refractivity contribution in [2.24, 2.45) is 0 Å². The van der Waals surface area contributed by atoms with Crippen molar-refractivity contribution in [2.75, 3.05) is 26.9 Å². The van der Waals surface area contributed by atoms with Gasteiger partial charge in [-0.3, -0.25) is 0 Å². The molecule has 0 bridgehead atoms. The molecule has 4 nitrogen and oxygen atoms in total. The summed E-state index contributed by atoms with van der Waals surface area (Å²) in [5, 5.41) is 10.0. The van der Waals surface area contributed by atoms with E-state index in [-0.39, 0.29) is 12.2 Å². The van der Waals surface area contributed by atoms with Crippen LogP contribution in [0.4, 0.5) is 0 Å². The third-order valence-corrected chi connectivity index (χ3v) is 3.25. The Bertz CT molecular complexity index is 373. The first-order valence-electron chi connectivity index (χ1n) is 7.02. The van der Waals surface area contributed by atoms with E-state index in [0.717, 1.165) is 17.7 Å². The molecule has 0 aromatic heterocycles. The molecule has 0 aliphatic heterocycles. The van der Waals surface area contributed by atoms with Crippen LogP contribution in [-0.2, 0) is 9.47 Å². The number of benzene rings is 1. The van der Waals surface area contributed by atoms with Crippen molar-refractivity contribution in [1.82, 2.24) is 0 Å². The third kappa shape index (κ3) is 5.90. The number of aliphatic hydroxyl groups is 1. The number of aliphatic hydroxyl groups excluding tert-OH is 1. The second-order valence-corrected chi connectivity index (χ2v) is 5.31. The van der Waals surface area contributed by atoms with Crippen LogP contribution in [-0.4, -0.2) is 37.6 Å². The molecule has 1 aromatic carbocycles. The molecule has 0 saturated carbocycles. The summed E-state index contributed by atoms with van der Waals surface area (Å²) in [6.45, 7) is 7.46. The van der Waals surface area contributed by atoms with E-state index < -0.39 is 6.10 Å². The SMILES string of the molecule is CCOc1ccc(C(O)COCCC(C)(C)OC)cc1. The Kier molecular flexibility index (Phi) is 6.99. The summed E-state index contributed by atoms with van der Waals surface area (Å²) in [5.74, 6) is 0.811. The average Bonchev–Trinajstić information content (AvgIpc) is 2.44. The van der Waals surface area contributed by atoms with Crippen LogP contribution < -0.4 is 4.74 Å². The van der Waals surface area contributed by atoms with Crippen LogP contribution in [0, 0.1) is 0 Å². The zero-order valence-electron chi connectivity index (χ0n) is 12.9. The summed E-state index contributed by atoms with van der Waals surface area (Å²) in [6.07, 6.45) is 0.177. The smallest absolute Gasteiger partial charge is 0.119 e. The lowest BCUT2D eigenvalue weighted by atomic mass is 10.1. The summed E-state index contributed by atoms with van der Waals surface area (Å²) in [4.78, 5) is 0. The fourth-order valence-corrected chi connectivity index (χ4v) is 1.66. The van der Waals surface area contributed by atoms with E-state index in [1.165, 1.54) is 0 Å². The van der Waals surface area contributed by atoms with Gasteiger partial charge in [-0.1, -0.05) is 12.1 Å². The van der Waals surface area contributed by atoms with Gasteiger partial charge in [0.1, 0.15) is 11.9 Å². The summed E-state index contributed by atoms with van der Waals surface area (Å²) >= 11 is 0. The Hall–Kier alpha value is -1.10. The van der Waals surface area contributed by atoms with Gasteiger partial charge in [-0.15, -0.1) is 0 Å². The van der Waals surface area contributed by atoms with Crippen LogP contribution >= 0.6 is 0 Å². The quantitative estimate of drug-likeness (QED) is 0.707. The number of rotatable bonds is 9. The van der Waals surface area contributed by atoms with E-state index in [0.29, 0.717) is 13.2 Å². The molecule has 4 heteroatoms. The molecule has 20 heavy (non-hydrogen) atoms. The average molecular weight is 282 g/mol. The Morgan fingerprint density at radius 1 is 1.20 bits per heavy atom. The standard InChI is InChI=1S/C16H26O4/c1-5-20-14-8-6-13(7-9-14)15(17)12-19-11-10-16(2,3)18-4/h6-9,15,17H,5,10-12H2,1-4H3. The van der Waals surface area contributed by atoms with Gasteiger partial charge in [0.05, 0.1) is 18.8 Å². The molecular weight excluding hydrogens is 256 g/mol. The highest BCUT2D eigenvalue weighted by Crippen LogP contribution is 2.19. The van der Waals surface area contributed by atoms with Gasteiger partial charge in [0, 0.05) is 13.7 Å². The highest BCUT2D eigenvalue weighted by atomic mass is 16.5. The molecule has 0 aliphatic rings. The minimum absolute atomic E-state index is 0.190. The fourth-order valence-electron chi connectivity index (χ4n) is 1.66. The van der Waals surface area contributed by atoms with Crippen LogP contribution in [0.3, 0.4) is 0 Å². The second-order valence-electron chi connectivity index (χ2n) is 5.31. The zero-order chi connectivity index (χ0) is 15.0. The lowest BCUT2D eigenvalue weighted by Crippen LogP contribution is -2.25. The van der Waals surface area contributed by atoms with E-state index in [1.54, 1.807) is 7.11 Å². The van der Waals surface area contributed by atoms with Crippen molar-refractivity contribution in [3.63, 3.8) is 0 Å². The predicted molar refractivity (Wildman–Crippen MR) is 79.1 cm³/mol. The summed E-state index contributed by atoms with van der Waals surface area (Å²) < 4.78 is 16.2. The molecule has 1 N–H and O–H groups in total. The van der Waals surface area contributed by atoms with Crippen LogP contribution in [0.25, 0.3) is 0 Å². The van der Waals surface area contributed by atoms with Crippen molar-refractivity contribution in [3.05, 3.63) is 29.8 Å². The maximum Gasteiger partial charge on any atom is 0.119 e. The first-order valence-corrected chi connectivity index (χ1v) is 7.02. The Morgan fingerprint density at radius 2 is 1.85 bits per heavy atom. The molecular formula is C16H26O4. The molecule has 1 unspecified atom stereocenters. The van der Waals surface area contributed by atoms with Crippen molar-refractivity contribution in [1.29, 1.82) is 0 Å². The van der Waals surface area contributed by atoms with Crippen molar-refractivity contribution >= 4 is 0 Å². The number of hydrogen-bond acceptors (Lipinski definition) is 4. The van der Waals surface area contributed by atoms with Crippen LogP contribution in [0.15, 0.2) is 24.3 Å². The first kappa shape index (κ1) is 17.0. The van der Waals surface area contributed by atoms with Crippen LogP contribution in [0.1, 0.15) is 38.9 Å². The maximum atomic E-state index is 10.0. The summed E-state index contributed by atoms with van der Waals surface area (Å²) in [6, 6.07) is 7.43. The summed E-state index contributed by atoms with van der Waals surface area (Å²) in [7, 11) is 1.69. The molecule has 1 rings (SSSR count). The van der Waals surface area contributed by atoms with Crippen molar-refractivity contribution in [3.8, 4) is 5.75 Å². The van der Waals surface area contributed by atoms with Crippen LogP contribution in [0.2, 0.25) is 0 Å². The van der Waals surface area contributed by atoms with Gasteiger partial charge < -0.3 is 19.3 Å². The van der Waals surface area contributed by atoms with E-state index in [1.807, 2.05) is 45.0 Å². The second kappa shape index (κ2) is 8.25. The molecule has 0 saturated heterocycles. The molecule has 1 atom stereocenters. The minimum atomic E-state index is -0.615. The Morgan fingerprint density at radius 3 is 2.40 bits per heavy atom. The lowest BCUT2D eigenvalue weighted by Gasteiger charge is -2.22. The zero-order valence-corrected chi connectivity index (χ0v) is 12.9. The molecule has 0 amide bonds.